The molecule has 0 fully saturated rings. The molecule has 0 radical (unpaired) electrons. The first-order chi connectivity index (χ1) is 8.63. The quantitative estimate of drug-likeness (QED) is 0.461. The fraction of sp³-hybridized carbons (Fsp3) is 0.500. The molecule has 1 aromatic carbocycles. The minimum absolute atomic E-state index is 0.379. The van der Waals surface area contributed by atoms with Gasteiger partial charge >= 0.3 is 0 Å². The topological polar surface area (TPSA) is 56.5 Å². The van der Waals surface area contributed by atoms with Crippen LogP contribution in [0.1, 0.15) is 25.5 Å². The minimum atomic E-state index is -0.513. The number of hydrogen-bond donors (Lipinski definition) is 2. The van der Waals surface area contributed by atoms with Crippen LogP contribution in [0.5, 0.6) is 0 Å². The molecule has 4 nitrogen and oxygen atoms in total. The van der Waals surface area contributed by atoms with Gasteiger partial charge in [0.1, 0.15) is 0 Å². The van der Waals surface area contributed by atoms with Crippen molar-refractivity contribution in [2.75, 3.05) is 13.2 Å². The minimum Gasteiger partial charge on any atom is -0.351 e. The van der Waals surface area contributed by atoms with Crippen LogP contribution in [0, 0.1) is 0 Å². The Bertz CT molecular complexity index is 371. The van der Waals surface area contributed by atoms with E-state index in [0.29, 0.717) is 23.3 Å². The number of ether oxygens (including phenoxy) is 2. The van der Waals surface area contributed by atoms with E-state index < -0.39 is 6.29 Å². The van der Waals surface area contributed by atoms with E-state index in [2.05, 4.69) is 5.43 Å². The second kappa shape index (κ2) is 7.94. The third kappa shape index (κ3) is 4.09. The zero-order valence-electron chi connectivity index (χ0n) is 10.5. The van der Waals surface area contributed by atoms with Crippen LogP contribution in [0.3, 0.4) is 0 Å². The van der Waals surface area contributed by atoms with Gasteiger partial charge in [-0.2, -0.15) is 0 Å². The third-order valence-electron chi connectivity index (χ3n) is 2.41. The van der Waals surface area contributed by atoms with Crippen molar-refractivity contribution in [2.24, 2.45) is 5.84 Å². The SMILES string of the molecule is CCOC(OCC)C(NN)c1cc(Cl)ccc1Cl. The summed E-state index contributed by atoms with van der Waals surface area (Å²) in [5.41, 5.74) is 3.41. The fourth-order valence-corrected chi connectivity index (χ4v) is 2.05. The molecule has 0 bridgehead atoms. The smallest absolute Gasteiger partial charge is 0.178 e. The first-order valence-corrected chi connectivity index (χ1v) is 6.53. The Morgan fingerprint density at radius 2 is 1.83 bits per heavy atom. The maximum atomic E-state index is 6.15. The summed E-state index contributed by atoms with van der Waals surface area (Å²) in [6, 6.07) is 4.81. The lowest BCUT2D eigenvalue weighted by atomic mass is 10.1. The Kier molecular flexibility index (Phi) is 6.92. The molecule has 0 saturated heterocycles. The van der Waals surface area contributed by atoms with Crippen molar-refractivity contribution in [3.8, 4) is 0 Å². The molecule has 1 aromatic rings. The maximum absolute atomic E-state index is 6.15. The van der Waals surface area contributed by atoms with Gasteiger partial charge in [0.2, 0.25) is 0 Å². The highest BCUT2D eigenvalue weighted by Gasteiger charge is 2.25. The number of rotatable bonds is 7. The molecule has 0 aliphatic heterocycles. The van der Waals surface area contributed by atoms with Gasteiger partial charge in [-0.25, -0.2) is 5.43 Å². The molecule has 18 heavy (non-hydrogen) atoms. The largest absolute Gasteiger partial charge is 0.351 e. The van der Waals surface area contributed by atoms with E-state index in [1.807, 2.05) is 13.8 Å². The third-order valence-corrected chi connectivity index (χ3v) is 2.99. The van der Waals surface area contributed by atoms with Crippen LogP contribution in [0.15, 0.2) is 18.2 Å². The van der Waals surface area contributed by atoms with Crippen molar-refractivity contribution in [2.45, 2.75) is 26.2 Å². The Hall–Kier alpha value is -0.360. The van der Waals surface area contributed by atoms with Crippen LogP contribution in [0.25, 0.3) is 0 Å². The van der Waals surface area contributed by atoms with Crippen LogP contribution in [-0.2, 0) is 9.47 Å². The molecule has 1 atom stereocenters. The second-order valence-corrected chi connectivity index (χ2v) is 4.43. The summed E-state index contributed by atoms with van der Waals surface area (Å²) < 4.78 is 11.0. The van der Waals surface area contributed by atoms with Crippen molar-refractivity contribution in [3.05, 3.63) is 33.8 Å². The lowest BCUT2D eigenvalue weighted by Crippen LogP contribution is -2.39. The number of nitrogens with two attached hydrogens (primary N) is 1. The average molecular weight is 293 g/mol. The van der Waals surface area contributed by atoms with Crippen LogP contribution < -0.4 is 11.3 Å². The van der Waals surface area contributed by atoms with E-state index >= 15 is 0 Å². The Labute approximate surface area is 117 Å². The lowest BCUT2D eigenvalue weighted by Gasteiger charge is -2.27. The number of benzene rings is 1. The zero-order chi connectivity index (χ0) is 13.5. The van der Waals surface area contributed by atoms with Crippen LogP contribution >= 0.6 is 23.2 Å². The average Bonchev–Trinajstić information content (AvgIpc) is 2.35. The van der Waals surface area contributed by atoms with Crippen LogP contribution in [-0.4, -0.2) is 19.5 Å². The predicted molar refractivity (Wildman–Crippen MR) is 73.6 cm³/mol. The second-order valence-electron chi connectivity index (χ2n) is 3.59. The van der Waals surface area contributed by atoms with Crippen molar-refractivity contribution < 1.29 is 9.47 Å². The summed E-state index contributed by atoms with van der Waals surface area (Å²) >= 11 is 12.1. The predicted octanol–water partition coefficient (Wildman–Crippen LogP) is 2.90. The van der Waals surface area contributed by atoms with Crippen molar-refractivity contribution in [1.29, 1.82) is 0 Å². The molecule has 3 N–H and O–H groups in total. The number of halogens is 2. The number of nitrogens with one attached hydrogen (secondary N) is 1. The molecular weight excluding hydrogens is 275 g/mol. The van der Waals surface area contributed by atoms with Crippen molar-refractivity contribution in [3.63, 3.8) is 0 Å². The van der Waals surface area contributed by atoms with Gasteiger partial charge in [0, 0.05) is 23.3 Å². The lowest BCUT2D eigenvalue weighted by molar-refractivity contribution is -0.155. The van der Waals surface area contributed by atoms with E-state index in [9.17, 15) is 0 Å². The molecule has 0 heterocycles. The molecule has 1 unspecified atom stereocenters. The Morgan fingerprint density at radius 3 is 2.33 bits per heavy atom. The first kappa shape index (κ1) is 15.7. The summed E-state index contributed by atoms with van der Waals surface area (Å²) in [6.45, 7) is 4.81. The Morgan fingerprint density at radius 1 is 1.22 bits per heavy atom. The summed E-state index contributed by atoms with van der Waals surface area (Å²) in [6.07, 6.45) is -0.513. The molecule has 6 heteroatoms. The van der Waals surface area contributed by atoms with Gasteiger partial charge in [-0.1, -0.05) is 23.2 Å². The normalized spacial score (nSPS) is 13.0. The van der Waals surface area contributed by atoms with Gasteiger partial charge in [-0.05, 0) is 37.6 Å². The van der Waals surface area contributed by atoms with Gasteiger partial charge in [-0.15, -0.1) is 0 Å². The zero-order valence-corrected chi connectivity index (χ0v) is 12.0. The standard InChI is InChI=1S/C12H18Cl2N2O2/c1-3-17-12(18-4-2)11(16-15)9-7-8(13)5-6-10(9)14/h5-7,11-12,16H,3-4,15H2,1-2H3. The van der Waals surface area contributed by atoms with E-state index in [4.69, 9.17) is 38.5 Å². The monoisotopic (exact) mass is 292 g/mol. The summed E-state index contributed by atoms with van der Waals surface area (Å²) in [4.78, 5) is 0. The van der Waals surface area contributed by atoms with Crippen LogP contribution in [0.2, 0.25) is 10.0 Å². The van der Waals surface area contributed by atoms with Gasteiger partial charge < -0.3 is 9.47 Å². The molecule has 0 aliphatic carbocycles. The van der Waals surface area contributed by atoms with E-state index in [1.54, 1.807) is 18.2 Å². The highest BCUT2D eigenvalue weighted by molar-refractivity contribution is 6.33. The van der Waals surface area contributed by atoms with E-state index in [0.717, 1.165) is 5.56 Å². The van der Waals surface area contributed by atoms with Crippen molar-refractivity contribution >= 4 is 23.2 Å². The summed E-state index contributed by atoms with van der Waals surface area (Å²) in [5, 5.41) is 1.15. The van der Waals surface area contributed by atoms with E-state index in [1.165, 1.54) is 0 Å². The molecule has 0 spiro atoms. The van der Waals surface area contributed by atoms with E-state index in [-0.39, 0.29) is 6.04 Å². The molecule has 1 rings (SSSR count). The van der Waals surface area contributed by atoms with Gasteiger partial charge in [0.15, 0.2) is 6.29 Å². The van der Waals surface area contributed by atoms with Gasteiger partial charge in [0.25, 0.3) is 0 Å². The summed E-state index contributed by atoms with van der Waals surface area (Å²) in [5.74, 6) is 5.57. The van der Waals surface area contributed by atoms with Gasteiger partial charge in [0.05, 0.1) is 6.04 Å². The molecule has 0 saturated carbocycles. The number of hydrazine groups is 1. The highest BCUT2D eigenvalue weighted by atomic mass is 35.5. The van der Waals surface area contributed by atoms with Gasteiger partial charge in [-0.3, -0.25) is 5.84 Å². The first-order valence-electron chi connectivity index (χ1n) is 5.78. The van der Waals surface area contributed by atoms with Crippen LogP contribution in [0.4, 0.5) is 0 Å². The fourth-order valence-electron chi connectivity index (χ4n) is 1.64. The number of hydrogen-bond acceptors (Lipinski definition) is 4. The van der Waals surface area contributed by atoms with Crippen molar-refractivity contribution in [1.82, 2.24) is 5.43 Å². The maximum Gasteiger partial charge on any atom is 0.178 e. The molecular formula is C12H18Cl2N2O2. The molecule has 102 valence electrons. The highest BCUT2D eigenvalue weighted by Crippen LogP contribution is 2.29. The molecule has 0 aromatic heterocycles. The Balaban J connectivity index is 3.01. The molecule has 0 aliphatic rings. The molecule has 0 amide bonds. The summed E-state index contributed by atoms with van der Waals surface area (Å²) in [7, 11) is 0.